The van der Waals surface area contributed by atoms with Gasteiger partial charge in [0.15, 0.2) is 5.75 Å². The second-order valence-electron chi connectivity index (χ2n) is 9.82. The highest BCUT2D eigenvalue weighted by molar-refractivity contribution is 5.39. The Morgan fingerprint density at radius 1 is 1.11 bits per heavy atom. The summed E-state index contributed by atoms with van der Waals surface area (Å²) in [5, 5.41) is 13.4. The summed E-state index contributed by atoms with van der Waals surface area (Å²) in [6, 6.07) is 3.50. The molecule has 0 amide bonds. The SMILES string of the molecule is CC(O)c1noc(N2CCC(C(C)Oc3cnc(N4CC(N)C(c5cc(F)ccc5F)C4)nc3)CC2)n1. The quantitative estimate of drug-likeness (QED) is 0.485. The van der Waals surface area contributed by atoms with Crippen molar-refractivity contribution in [3.05, 3.63) is 53.6 Å². The monoisotopic (exact) mass is 515 g/mol. The molecule has 5 rings (SSSR count). The summed E-state index contributed by atoms with van der Waals surface area (Å²) in [6.07, 6.45) is 4.22. The van der Waals surface area contributed by atoms with E-state index in [1.807, 2.05) is 16.7 Å². The lowest BCUT2D eigenvalue weighted by molar-refractivity contribution is 0.131. The third kappa shape index (κ3) is 5.49. The van der Waals surface area contributed by atoms with Crippen LogP contribution in [-0.2, 0) is 0 Å². The van der Waals surface area contributed by atoms with E-state index in [1.165, 1.54) is 6.07 Å². The molecule has 4 unspecified atom stereocenters. The van der Waals surface area contributed by atoms with Crippen LogP contribution in [-0.4, -0.2) is 63.5 Å². The molecule has 0 saturated carbocycles. The molecule has 2 saturated heterocycles. The van der Waals surface area contributed by atoms with Crippen molar-refractivity contribution in [1.29, 1.82) is 0 Å². The first-order chi connectivity index (χ1) is 17.8. The minimum Gasteiger partial charge on any atom is -0.487 e. The molecule has 0 aliphatic carbocycles. The molecule has 2 aromatic heterocycles. The molecule has 12 heteroatoms. The number of nitrogens with two attached hydrogens (primary N) is 1. The van der Waals surface area contributed by atoms with Gasteiger partial charge in [0.2, 0.25) is 11.8 Å². The Morgan fingerprint density at radius 2 is 1.84 bits per heavy atom. The Balaban J connectivity index is 1.15. The largest absolute Gasteiger partial charge is 0.487 e. The molecule has 10 nitrogen and oxygen atoms in total. The molecular weight excluding hydrogens is 484 g/mol. The van der Waals surface area contributed by atoms with E-state index in [0.717, 1.165) is 38.1 Å². The summed E-state index contributed by atoms with van der Waals surface area (Å²) in [5.74, 6) is 0.340. The van der Waals surface area contributed by atoms with E-state index in [4.69, 9.17) is 15.0 Å². The lowest BCUT2D eigenvalue weighted by Crippen LogP contribution is -2.38. The fourth-order valence-corrected chi connectivity index (χ4v) is 5.05. The van der Waals surface area contributed by atoms with Gasteiger partial charge in [-0.05, 0) is 56.4 Å². The second-order valence-corrected chi connectivity index (χ2v) is 9.82. The van der Waals surface area contributed by atoms with Crippen LogP contribution in [0, 0.1) is 17.6 Å². The lowest BCUT2D eigenvalue weighted by atomic mass is 9.92. The molecule has 2 fully saturated rings. The number of rotatable bonds is 7. The molecular formula is C25H31F2N7O3. The predicted molar refractivity (Wildman–Crippen MR) is 131 cm³/mol. The molecule has 2 aliphatic heterocycles. The van der Waals surface area contributed by atoms with E-state index in [0.29, 0.717) is 36.7 Å². The van der Waals surface area contributed by atoms with E-state index in [1.54, 1.807) is 19.3 Å². The highest BCUT2D eigenvalue weighted by Crippen LogP contribution is 2.31. The smallest absolute Gasteiger partial charge is 0.324 e. The van der Waals surface area contributed by atoms with Gasteiger partial charge in [-0.3, -0.25) is 0 Å². The topological polar surface area (TPSA) is 127 Å². The van der Waals surface area contributed by atoms with Crippen molar-refractivity contribution in [2.75, 3.05) is 36.0 Å². The minimum absolute atomic E-state index is 0.0483. The zero-order valence-corrected chi connectivity index (χ0v) is 20.8. The molecule has 1 aromatic carbocycles. The maximum atomic E-state index is 14.3. The number of hydrogen-bond acceptors (Lipinski definition) is 10. The number of hydrogen-bond donors (Lipinski definition) is 2. The molecule has 4 atom stereocenters. The van der Waals surface area contributed by atoms with Gasteiger partial charge >= 0.3 is 6.01 Å². The summed E-state index contributed by atoms with van der Waals surface area (Å²) in [7, 11) is 0. The number of aromatic nitrogens is 4. The van der Waals surface area contributed by atoms with Crippen LogP contribution in [0.5, 0.6) is 5.75 Å². The van der Waals surface area contributed by atoms with Gasteiger partial charge in [-0.2, -0.15) is 4.98 Å². The average Bonchev–Trinajstić information content (AvgIpc) is 3.54. The summed E-state index contributed by atoms with van der Waals surface area (Å²) >= 11 is 0. The van der Waals surface area contributed by atoms with Crippen LogP contribution in [0.15, 0.2) is 35.1 Å². The standard InChI is InChI=1S/C25H31F2N7O3/c1-14(35)23-31-25(37-32-23)33-7-5-16(6-8-33)15(2)36-18-10-29-24(30-11-18)34-12-20(22(28)13-34)19-9-17(26)3-4-21(19)27/h3-4,9-11,14-16,20,22,35H,5-8,12-13,28H2,1-2H3. The maximum absolute atomic E-state index is 14.3. The zero-order chi connectivity index (χ0) is 26.1. The maximum Gasteiger partial charge on any atom is 0.324 e. The first-order valence-corrected chi connectivity index (χ1v) is 12.5. The van der Waals surface area contributed by atoms with Gasteiger partial charge in [-0.15, -0.1) is 0 Å². The van der Waals surface area contributed by atoms with Crippen LogP contribution in [0.1, 0.15) is 50.1 Å². The Bertz CT molecular complexity index is 1200. The predicted octanol–water partition coefficient (Wildman–Crippen LogP) is 2.81. The van der Waals surface area contributed by atoms with Crippen LogP contribution in [0.3, 0.4) is 0 Å². The molecule has 2 aliphatic rings. The van der Waals surface area contributed by atoms with Crippen molar-refractivity contribution in [2.24, 2.45) is 11.7 Å². The zero-order valence-electron chi connectivity index (χ0n) is 20.8. The van der Waals surface area contributed by atoms with Gasteiger partial charge in [-0.25, -0.2) is 18.7 Å². The van der Waals surface area contributed by atoms with Crippen LogP contribution in [0.2, 0.25) is 0 Å². The molecule has 198 valence electrons. The van der Waals surface area contributed by atoms with E-state index < -0.39 is 17.7 Å². The number of benzene rings is 1. The van der Waals surface area contributed by atoms with E-state index in [2.05, 4.69) is 20.1 Å². The molecule has 0 radical (unpaired) electrons. The van der Waals surface area contributed by atoms with Crippen molar-refractivity contribution in [3.63, 3.8) is 0 Å². The molecule has 37 heavy (non-hydrogen) atoms. The first-order valence-electron chi connectivity index (χ1n) is 12.5. The molecule has 0 spiro atoms. The van der Waals surface area contributed by atoms with Crippen molar-refractivity contribution >= 4 is 12.0 Å². The number of nitrogens with zero attached hydrogens (tertiary/aromatic N) is 6. The fourth-order valence-electron chi connectivity index (χ4n) is 5.05. The number of ether oxygens (including phenoxy) is 1. The summed E-state index contributed by atoms with van der Waals surface area (Å²) in [6.45, 7) is 5.96. The van der Waals surface area contributed by atoms with Gasteiger partial charge in [0, 0.05) is 38.1 Å². The van der Waals surface area contributed by atoms with Crippen LogP contribution in [0.25, 0.3) is 0 Å². The van der Waals surface area contributed by atoms with E-state index >= 15 is 0 Å². The van der Waals surface area contributed by atoms with Gasteiger partial charge in [0.1, 0.15) is 17.7 Å². The second kappa shape index (κ2) is 10.5. The summed E-state index contributed by atoms with van der Waals surface area (Å²) < 4.78 is 39.3. The average molecular weight is 516 g/mol. The van der Waals surface area contributed by atoms with E-state index in [-0.39, 0.29) is 29.5 Å². The number of aliphatic hydroxyl groups is 1. The molecule has 3 N–H and O–H groups in total. The molecule has 0 bridgehead atoms. The van der Waals surface area contributed by atoms with Crippen LogP contribution in [0.4, 0.5) is 20.7 Å². The summed E-state index contributed by atoms with van der Waals surface area (Å²) in [5.41, 5.74) is 6.53. The number of aliphatic hydroxyl groups excluding tert-OH is 1. The van der Waals surface area contributed by atoms with Crippen molar-refractivity contribution in [3.8, 4) is 5.75 Å². The minimum atomic E-state index is -0.767. The van der Waals surface area contributed by atoms with Gasteiger partial charge in [0.05, 0.1) is 18.5 Å². The van der Waals surface area contributed by atoms with Crippen LogP contribution >= 0.6 is 0 Å². The van der Waals surface area contributed by atoms with Crippen molar-refractivity contribution < 1.29 is 23.1 Å². The normalized spacial score (nSPS) is 22.3. The third-order valence-electron chi connectivity index (χ3n) is 7.22. The number of anilines is 2. The Kier molecular flexibility index (Phi) is 7.20. The Hall–Kier alpha value is -3.38. The number of halogens is 2. The van der Waals surface area contributed by atoms with Gasteiger partial charge in [0.25, 0.3) is 0 Å². The first kappa shape index (κ1) is 25.3. The highest BCUT2D eigenvalue weighted by atomic mass is 19.1. The lowest BCUT2D eigenvalue weighted by Gasteiger charge is -2.33. The van der Waals surface area contributed by atoms with Crippen LogP contribution < -0.4 is 20.3 Å². The third-order valence-corrected chi connectivity index (χ3v) is 7.22. The molecule has 3 aromatic rings. The van der Waals surface area contributed by atoms with Gasteiger partial charge < -0.3 is 29.9 Å². The fraction of sp³-hybridized carbons (Fsp3) is 0.520. The van der Waals surface area contributed by atoms with Gasteiger partial charge in [-0.1, -0.05) is 5.16 Å². The summed E-state index contributed by atoms with van der Waals surface area (Å²) in [4.78, 5) is 17.0. The van der Waals surface area contributed by atoms with Crippen molar-refractivity contribution in [1.82, 2.24) is 20.1 Å². The highest BCUT2D eigenvalue weighted by Gasteiger charge is 2.34. The van der Waals surface area contributed by atoms with E-state index in [9.17, 15) is 13.9 Å². The Morgan fingerprint density at radius 3 is 2.51 bits per heavy atom. The molecule has 4 heterocycles. The van der Waals surface area contributed by atoms with Crippen molar-refractivity contribution in [2.45, 2.75) is 50.9 Å². The Labute approximate surface area is 213 Å². The number of piperidine rings is 1.